The number of aromatic nitrogens is 3. The SMILES string of the molecule is O=c1cccc2n1CC1CC2CN(c2nccc(CCC(F)(F)F)n2)C1. The molecule has 0 radical (unpaired) electrons. The summed E-state index contributed by atoms with van der Waals surface area (Å²) in [5.41, 5.74) is 1.45. The average Bonchev–Trinajstić information content (AvgIpc) is 2.60. The van der Waals surface area contributed by atoms with Crippen molar-refractivity contribution in [1.82, 2.24) is 14.5 Å². The Balaban J connectivity index is 1.55. The van der Waals surface area contributed by atoms with Crippen LogP contribution in [0.5, 0.6) is 0 Å². The minimum atomic E-state index is -4.19. The van der Waals surface area contributed by atoms with Crippen molar-refractivity contribution in [3.8, 4) is 0 Å². The molecule has 0 aromatic carbocycles. The fourth-order valence-corrected chi connectivity index (χ4v) is 4.01. The first-order valence-corrected chi connectivity index (χ1v) is 8.72. The molecule has 1 saturated heterocycles. The van der Waals surface area contributed by atoms with Crippen molar-refractivity contribution < 1.29 is 13.2 Å². The van der Waals surface area contributed by atoms with Gasteiger partial charge in [0.2, 0.25) is 5.95 Å². The first-order valence-electron chi connectivity index (χ1n) is 8.72. The highest BCUT2D eigenvalue weighted by molar-refractivity contribution is 5.34. The van der Waals surface area contributed by atoms with Gasteiger partial charge in [0.15, 0.2) is 0 Å². The highest BCUT2D eigenvalue weighted by Gasteiger charge is 2.35. The summed E-state index contributed by atoms with van der Waals surface area (Å²) in [6.45, 7) is 2.04. The lowest BCUT2D eigenvalue weighted by molar-refractivity contribution is -0.134. The number of rotatable bonds is 3. The average molecular weight is 364 g/mol. The molecule has 0 N–H and O–H groups in total. The fraction of sp³-hybridized carbons (Fsp3) is 0.500. The summed E-state index contributed by atoms with van der Waals surface area (Å²) in [6, 6.07) is 6.87. The molecule has 1 fully saturated rings. The van der Waals surface area contributed by atoms with E-state index in [9.17, 15) is 18.0 Å². The molecule has 2 aliphatic heterocycles. The number of alkyl halides is 3. The van der Waals surface area contributed by atoms with Crippen molar-refractivity contribution in [3.63, 3.8) is 0 Å². The molecule has 0 spiro atoms. The van der Waals surface area contributed by atoms with Crippen LogP contribution in [0.25, 0.3) is 0 Å². The van der Waals surface area contributed by atoms with Crippen LogP contribution in [-0.2, 0) is 13.0 Å². The zero-order chi connectivity index (χ0) is 18.3. The van der Waals surface area contributed by atoms with Crippen LogP contribution in [0.15, 0.2) is 35.3 Å². The van der Waals surface area contributed by atoms with Gasteiger partial charge >= 0.3 is 6.18 Å². The second-order valence-corrected chi connectivity index (χ2v) is 7.07. The molecule has 2 aromatic heterocycles. The van der Waals surface area contributed by atoms with Crippen molar-refractivity contribution >= 4 is 5.95 Å². The maximum atomic E-state index is 12.4. The van der Waals surface area contributed by atoms with Crippen LogP contribution in [0.1, 0.15) is 30.1 Å². The van der Waals surface area contributed by atoms with Gasteiger partial charge < -0.3 is 9.47 Å². The maximum Gasteiger partial charge on any atom is 0.389 e. The van der Waals surface area contributed by atoms with E-state index in [0.29, 0.717) is 37.2 Å². The third-order valence-electron chi connectivity index (χ3n) is 5.13. The molecule has 138 valence electrons. The number of hydrogen-bond donors (Lipinski definition) is 0. The Morgan fingerprint density at radius 1 is 1.15 bits per heavy atom. The van der Waals surface area contributed by atoms with Gasteiger partial charge in [-0.05, 0) is 30.9 Å². The van der Waals surface area contributed by atoms with Gasteiger partial charge in [-0.1, -0.05) is 6.07 Å². The molecule has 2 bridgehead atoms. The molecule has 2 aliphatic rings. The normalized spacial score (nSPS) is 22.2. The summed E-state index contributed by atoms with van der Waals surface area (Å²) in [7, 11) is 0. The number of fused-ring (bicyclic) bond motifs is 4. The van der Waals surface area contributed by atoms with Gasteiger partial charge in [-0.25, -0.2) is 9.97 Å². The minimum Gasteiger partial charge on any atom is -0.340 e. The standard InChI is InChI=1S/C18H19F3N4O/c19-18(20,21)6-4-14-5-7-22-17(23-14)24-9-12-8-13(11-24)15-2-1-3-16(26)25(15)10-12/h1-3,5,7,12-13H,4,6,8-11H2. The molecule has 8 heteroatoms. The van der Waals surface area contributed by atoms with E-state index in [1.54, 1.807) is 12.1 Å². The number of anilines is 1. The van der Waals surface area contributed by atoms with Crippen LogP contribution in [0, 0.1) is 5.92 Å². The van der Waals surface area contributed by atoms with Gasteiger partial charge in [0, 0.05) is 55.6 Å². The second kappa shape index (κ2) is 6.41. The number of nitrogens with zero attached hydrogens (tertiary/aromatic N) is 4. The van der Waals surface area contributed by atoms with E-state index in [1.165, 1.54) is 12.3 Å². The van der Waals surface area contributed by atoms with Crippen LogP contribution >= 0.6 is 0 Å². The van der Waals surface area contributed by atoms with Gasteiger partial charge in [-0.2, -0.15) is 13.2 Å². The second-order valence-electron chi connectivity index (χ2n) is 7.07. The van der Waals surface area contributed by atoms with Crippen molar-refractivity contribution in [2.24, 2.45) is 5.92 Å². The minimum absolute atomic E-state index is 0.0241. The topological polar surface area (TPSA) is 51.0 Å². The Hall–Kier alpha value is -2.38. The molecular formula is C18H19F3N4O. The Kier molecular flexibility index (Phi) is 4.20. The monoisotopic (exact) mass is 364 g/mol. The largest absolute Gasteiger partial charge is 0.389 e. The van der Waals surface area contributed by atoms with Gasteiger partial charge in [0.05, 0.1) is 0 Å². The van der Waals surface area contributed by atoms with E-state index in [-0.39, 0.29) is 17.9 Å². The zero-order valence-corrected chi connectivity index (χ0v) is 14.1. The molecule has 2 atom stereocenters. The summed E-state index contributed by atoms with van der Waals surface area (Å²) in [6.07, 6.45) is -2.68. The molecule has 5 nitrogen and oxygen atoms in total. The number of pyridine rings is 1. The van der Waals surface area contributed by atoms with Crippen molar-refractivity contribution in [2.75, 3.05) is 18.0 Å². The molecule has 0 amide bonds. The molecule has 4 rings (SSSR count). The van der Waals surface area contributed by atoms with Crippen LogP contribution < -0.4 is 10.5 Å². The van der Waals surface area contributed by atoms with E-state index in [1.807, 2.05) is 15.5 Å². The molecule has 0 aliphatic carbocycles. The summed E-state index contributed by atoms with van der Waals surface area (Å²) in [5.74, 6) is 0.994. The molecule has 26 heavy (non-hydrogen) atoms. The van der Waals surface area contributed by atoms with E-state index >= 15 is 0 Å². The number of hydrogen-bond acceptors (Lipinski definition) is 4. The lowest BCUT2D eigenvalue weighted by Crippen LogP contribution is -2.47. The predicted molar refractivity (Wildman–Crippen MR) is 90.2 cm³/mol. The van der Waals surface area contributed by atoms with E-state index in [0.717, 1.165) is 12.1 Å². The van der Waals surface area contributed by atoms with Crippen LogP contribution in [-0.4, -0.2) is 33.8 Å². The van der Waals surface area contributed by atoms with E-state index < -0.39 is 12.6 Å². The van der Waals surface area contributed by atoms with E-state index in [4.69, 9.17) is 0 Å². The van der Waals surface area contributed by atoms with E-state index in [2.05, 4.69) is 9.97 Å². The summed E-state index contributed by atoms with van der Waals surface area (Å²) >= 11 is 0. The van der Waals surface area contributed by atoms with Crippen molar-refractivity contribution in [3.05, 3.63) is 52.2 Å². The Labute approximate surface area is 148 Å². The summed E-state index contributed by atoms with van der Waals surface area (Å²) < 4.78 is 39.2. The molecule has 2 aromatic rings. The maximum absolute atomic E-state index is 12.4. The van der Waals surface area contributed by atoms with Gasteiger partial charge in [-0.3, -0.25) is 4.79 Å². The van der Waals surface area contributed by atoms with Crippen molar-refractivity contribution in [1.29, 1.82) is 0 Å². The Bertz CT molecular complexity index is 864. The summed E-state index contributed by atoms with van der Waals surface area (Å²) in [5, 5.41) is 0. The highest BCUT2D eigenvalue weighted by atomic mass is 19.4. The number of piperidine rings is 1. The predicted octanol–water partition coefficient (Wildman–Crippen LogP) is 2.76. The van der Waals surface area contributed by atoms with Crippen LogP contribution in [0.2, 0.25) is 0 Å². The van der Waals surface area contributed by atoms with Crippen LogP contribution in [0.3, 0.4) is 0 Å². The molecular weight excluding hydrogens is 345 g/mol. The highest BCUT2D eigenvalue weighted by Crippen LogP contribution is 2.36. The Morgan fingerprint density at radius 2 is 2.00 bits per heavy atom. The first-order chi connectivity index (χ1) is 12.4. The molecule has 2 unspecified atom stereocenters. The van der Waals surface area contributed by atoms with Gasteiger partial charge in [0.25, 0.3) is 5.56 Å². The van der Waals surface area contributed by atoms with Gasteiger partial charge in [-0.15, -0.1) is 0 Å². The smallest absolute Gasteiger partial charge is 0.340 e. The summed E-state index contributed by atoms with van der Waals surface area (Å²) in [4.78, 5) is 22.7. The third kappa shape index (κ3) is 3.45. The third-order valence-corrected chi connectivity index (χ3v) is 5.13. The quantitative estimate of drug-likeness (QED) is 0.840. The fourth-order valence-electron chi connectivity index (χ4n) is 4.01. The van der Waals surface area contributed by atoms with Gasteiger partial charge in [0.1, 0.15) is 0 Å². The molecule has 4 heterocycles. The number of halogens is 3. The Morgan fingerprint density at radius 3 is 2.81 bits per heavy atom. The zero-order valence-electron chi connectivity index (χ0n) is 14.1. The molecule has 0 saturated carbocycles. The lowest BCUT2D eigenvalue weighted by atomic mass is 9.83. The first kappa shape index (κ1) is 17.1. The lowest BCUT2D eigenvalue weighted by Gasteiger charge is -2.42. The van der Waals surface area contributed by atoms with Crippen LogP contribution in [0.4, 0.5) is 19.1 Å². The van der Waals surface area contributed by atoms with Crippen molar-refractivity contribution in [2.45, 2.75) is 37.9 Å². The number of aryl methyl sites for hydroxylation is 1.